The summed E-state index contributed by atoms with van der Waals surface area (Å²) in [5.41, 5.74) is 1.80. The SMILES string of the molecule is Cc1ccc(Br)cc1C(=O)CC1CNCCO1. The maximum atomic E-state index is 12.2. The molecule has 1 aromatic carbocycles. The van der Waals surface area contributed by atoms with Gasteiger partial charge in [0, 0.05) is 29.5 Å². The second-order valence-electron chi connectivity index (χ2n) is 4.28. The normalized spacial score (nSPS) is 20.2. The van der Waals surface area contributed by atoms with Crippen LogP contribution in [0.4, 0.5) is 0 Å². The maximum absolute atomic E-state index is 12.2. The van der Waals surface area contributed by atoms with Crippen LogP contribution < -0.4 is 5.32 Å². The van der Waals surface area contributed by atoms with E-state index >= 15 is 0 Å². The molecule has 1 N–H and O–H groups in total. The van der Waals surface area contributed by atoms with E-state index in [2.05, 4.69) is 21.2 Å². The van der Waals surface area contributed by atoms with Crippen LogP contribution in [-0.2, 0) is 4.74 Å². The van der Waals surface area contributed by atoms with Crippen molar-refractivity contribution in [2.75, 3.05) is 19.7 Å². The molecule has 1 aliphatic heterocycles. The number of nitrogens with one attached hydrogen (secondary N) is 1. The smallest absolute Gasteiger partial charge is 0.165 e. The summed E-state index contributed by atoms with van der Waals surface area (Å²) in [6.45, 7) is 4.29. The third-order valence-corrected chi connectivity index (χ3v) is 3.41. The number of Topliss-reactive ketones (excluding diaryl/α,β-unsaturated/α-hetero) is 1. The Balaban J connectivity index is 2.05. The summed E-state index contributed by atoms with van der Waals surface area (Å²) in [5, 5.41) is 3.23. The van der Waals surface area contributed by atoms with Crippen LogP contribution >= 0.6 is 15.9 Å². The molecular weight excluding hydrogens is 282 g/mol. The molecule has 0 aromatic heterocycles. The molecule has 0 radical (unpaired) electrons. The Kier molecular flexibility index (Phi) is 4.31. The lowest BCUT2D eigenvalue weighted by Gasteiger charge is -2.23. The van der Waals surface area contributed by atoms with Crippen molar-refractivity contribution < 1.29 is 9.53 Å². The average molecular weight is 298 g/mol. The lowest BCUT2D eigenvalue weighted by Crippen LogP contribution is -2.39. The Morgan fingerprint density at radius 3 is 3.12 bits per heavy atom. The Labute approximate surface area is 110 Å². The largest absolute Gasteiger partial charge is 0.375 e. The molecule has 1 atom stereocenters. The highest BCUT2D eigenvalue weighted by Gasteiger charge is 2.19. The standard InChI is InChI=1S/C13H16BrNO2/c1-9-2-3-10(14)6-12(9)13(16)7-11-8-15-4-5-17-11/h2-3,6,11,15H,4-5,7-8H2,1H3. The number of benzene rings is 1. The number of carbonyl (C=O) groups excluding carboxylic acids is 1. The van der Waals surface area contributed by atoms with E-state index < -0.39 is 0 Å². The lowest BCUT2D eigenvalue weighted by atomic mass is 10.0. The third kappa shape index (κ3) is 3.37. The van der Waals surface area contributed by atoms with Crippen molar-refractivity contribution in [1.82, 2.24) is 5.32 Å². The van der Waals surface area contributed by atoms with Gasteiger partial charge in [-0.15, -0.1) is 0 Å². The van der Waals surface area contributed by atoms with E-state index in [1.165, 1.54) is 0 Å². The average Bonchev–Trinajstić information content (AvgIpc) is 2.33. The summed E-state index contributed by atoms with van der Waals surface area (Å²) in [7, 11) is 0. The predicted octanol–water partition coefficient (Wildman–Crippen LogP) is 2.32. The van der Waals surface area contributed by atoms with E-state index in [1.807, 2.05) is 25.1 Å². The number of aryl methyl sites for hydroxylation is 1. The van der Waals surface area contributed by atoms with E-state index in [-0.39, 0.29) is 11.9 Å². The van der Waals surface area contributed by atoms with Crippen molar-refractivity contribution in [3.8, 4) is 0 Å². The molecule has 1 fully saturated rings. The number of rotatable bonds is 3. The van der Waals surface area contributed by atoms with Crippen LogP contribution in [0.15, 0.2) is 22.7 Å². The van der Waals surface area contributed by atoms with Gasteiger partial charge in [0.15, 0.2) is 5.78 Å². The van der Waals surface area contributed by atoms with Crippen molar-refractivity contribution in [3.05, 3.63) is 33.8 Å². The molecule has 0 saturated carbocycles. The first-order valence-corrected chi connectivity index (χ1v) is 6.58. The summed E-state index contributed by atoms with van der Waals surface area (Å²) in [5.74, 6) is 0.150. The van der Waals surface area contributed by atoms with Crippen LogP contribution in [0.1, 0.15) is 22.3 Å². The Morgan fingerprint density at radius 1 is 1.59 bits per heavy atom. The second kappa shape index (κ2) is 5.76. The summed E-state index contributed by atoms with van der Waals surface area (Å²) in [4.78, 5) is 12.2. The molecule has 4 heteroatoms. The van der Waals surface area contributed by atoms with Gasteiger partial charge in [-0.25, -0.2) is 0 Å². The topological polar surface area (TPSA) is 38.3 Å². The number of hydrogen-bond donors (Lipinski definition) is 1. The van der Waals surface area contributed by atoms with Gasteiger partial charge in [-0.3, -0.25) is 4.79 Å². The monoisotopic (exact) mass is 297 g/mol. The highest BCUT2D eigenvalue weighted by atomic mass is 79.9. The van der Waals surface area contributed by atoms with Gasteiger partial charge in [0.2, 0.25) is 0 Å². The first-order valence-electron chi connectivity index (χ1n) is 5.78. The molecule has 0 bridgehead atoms. The molecule has 1 aliphatic rings. The fraction of sp³-hybridized carbons (Fsp3) is 0.462. The van der Waals surface area contributed by atoms with Gasteiger partial charge in [0.1, 0.15) is 0 Å². The van der Waals surface area contributed by atoms with Gasteiger partial charge in [-0.2, -0.15) is 0 Å². The zero-order chi connectivity index (χ0) is 12.3. The number of ketones is 1. The fourth-order valence-corrected chi connectivity index (χ4v) is 2.32. The first kappa shape index (κ1) is 12.7. The summed E-state index contributed by atoms with van der Waals surface area (Å²) in [6, 6.07) is 5.79. The van der Waals surface area contributed by atoms with Crippen molar-refractivity contribution in [2.45, 2.75) is 19.4 Å². The van der Waals surface area contributed by atoms with Gasteiger partial charge in [-0.1, -0.05) is 22.0 Å². The van der Waals surface area contributed by atoms with Gasteiger partial charge in [0.05, 0.1) is 12.7 Å². The fourth-order valence-electron chi connectivity index (χ4n) is 1.96. The molecule has 1 unspecified atom stereocenters. The molecule has 0 aliphatic carbocycles. The number of ether oxygens (including phenoxy) is 1. The molecule has 1 heterocycles. The van der Waals surface area contributed by atoms with Crippen LogP contribution in [-0.4, -0.2) is 31.6 Å². The van der Waals surface area contributed by atoms with E-state index in [4.69, 9.17) is 4.74 Å². The maximum Gasteiger partial charge on any atom is 0.165 e. The Hall–Kier alpha value is -0.710. The highest BCUT2D eigenvalue weighted by molar-refractivity contribution is 9.10. The number of halogens is 1. The second-order valence-corrected chi connectivity index (χ2v) is 5.20. The van der Waals surface area contributed by atoms with Crippen LogP contribution in [0.25, 0.3) is 0 Å². The molecule has 92 valence electrons. The van der Waals surface area contributed by atoms with Crippen molar-refractivity contribution >= 4 is 21.7 Å². The van der Waals surface area contributed by atoms with Crippen LogP contribution in [0.5, 0.6) is 0 Å². The van der Waals surface area contributed by atoms with Gasteiger partial charge in [0.25, 0.3) is 0 Å². The Morgan fingerprint density at radius 2 is 2.41 bits per heavy atom. The third-order valence-electron chi connectivity index (χ3n) is 2.92. The molecule has 1 aromatic rings. The van der Waals surface area contributed by atoms with Crippen LogP contribution in [0, 0.1) is 6.92 Å². The van der Waals surface area contributed by atoms with Gasteiger partial charge in [-0.05, 0) is 24.6 Å². The molecule has 1 saturated heterocycles. The zero-order valence-corrected chi connectivity index (χ0v) is 11.4. The summed E-state index contributed by atoms with van der Waals surface area (Å²) < 4.78 is 6.48. The first-order chi connectivity index (χ1) is 8.16. The number of hydrogen-bond acceptors (Lipinski definition) is 3. The molecule has 0 spiro atoms. The molecule has 17 heavy (non-hydrogen) atoms. The minimum atomic E-state index is 0.00892. The zero-order valence-electron chi connectivity index (χ0n) is 9.83. The van der Waals surface area contributed by atoms with E-state index in [0.717, 1.165) is 28.7 Å². The van der Waals surface area contributed by atoms with Crippen molar-refractivity contribution in [3.63, 3.8) is 0 Å². The molecule has 3 nitrogen and oxygen atoms in total. The van der Waals surface area contributed by atoms with Gasteiger partial charge >= 0.3 is 0 Å². The van der Waals surface area contributed by atoms with E-state index in [1.54, 1.807) is 0 Å². The minimum Gasteiger partial charge on any atom is -0.375 e. The number of carbonyl (C=O) groups is 1. The molecule has 0 amide bonds. The molecule has 2 rings (SSSR count). The lowest BCUT2D eigenvalue weighted by molar-refractivity contribution is 0.0240. The summed E-state index contributed by atoms with van der Waals surface area (Å²) >= 11 is 3.39. The molecular formula is C13H16BrNO2. The number of morpholine rings is 1. The highest BCUT2D eigenvalue weighted by Crippen LogP contribution is 2.18. The predicted molar refractivity (Wildman–Crippen MR) is 70.4 cm³/mol. The van der Waals surface area contributed by atoms with Crippen molar-refractivity contribution in [2.24, 2.45) is 0 Å². The van der Waals surface area contributed by atoms with Gasteiger partial charge < -0.3 is 10.1 Å². The Bertz CT molecular complexity index is 414. The van der Waals surface area contributed by atoms with Crippen LogP contribution in [0.3, 0.4) is 0 Å². The van der Waals surface area contributed by atoms with Crippen LogP contribution in [0.2, 0.25) is 0 Å². The quantitative estimate of drug-likeness (QED) is 0.870. The summed E-state index contributed by atoms with van der Waals surface area (Å²) in [6.07, 6.45) is 0.458. The minimum absolute atomic E-state index is 0.00892. The van der Waals surface area contributed by atoms with Crippen molar-refractivity contribution in [1.29, 1.82) is 0 Å². The van der Waals surface area contributed by atoms with E-state index in [9.17, 15) is 4.79 Å². The van der Waals surface area contributed by atoms with E-state index in [0.29, 0.717) is 13.0 Å².